The largest absolute Gasteiger partial charge is 0.478 e. The Balaban J connectivity index is 2.83. The highest BCUT2D eigenvalue weighted by atomic mass is 16.4. The van der Waals surface area contributed by atoms with E-state index in [4.69, 9.17) is 5.11 Å². The van der Waals surface area contributed by atoms with Crippen LogP contribution in [0.3, 0.4) is 0 Å². The van der Waals surface area contributed by atoms with Crippen LogP contribution in [0.1, 0.15) is 36.7 Å². The van der Waals surface area contributed by atoms with Gasteiger partial charge < -0.3 is 15.7 Å². The van der Waals surface area contributed by atoms with Crippen molar-refractivity contribution < 1.29 is 14.7 Å². The fraction of sp³-hybridized carbons (Fsp3) is 0.263. The highest BCUT2D eigenvalue weighted by Crippen LogP contribution is 2.16. The number of hydrogen-bond acceptors (Lipinski definition) is 2. The Morgan fingerprint density at radius 2 is 1.83 bits per heavy atom. The predicted octanol–water partition coefficient (Wildman–Crippen LogP) is 3.61. The summed E-state index contributed by atoms with van der Waals surface area (Å²) in [6, 6.07) is 6.42. The Bertz CT molecular complexity index is 660. The fourth-order valence-electron chi connectivity index (χ4n) is 1.97. The number of benzene rings is 1. The summed E-state index contributed by atoms with van der Waals surface area (Å²) in [7, 11) is 0. The molecule has 0 saturated heterocycles. The molecule has 0 heterocycles. The topological polar surface area (TPSA) is 78.4 Å². The van der Waals surface area contributed by atoms with Crippen LogP contribution < -0.4 is 10.6 Å². The van der Waals surface area contributed by atoms with Crippen LogP contribution in [0.25, 0.3) is 5.57 Å². The van der Waals surface area contributed by atoms with Crippen LogP contribution in [0.2, 0.25) is 0 Å². The van der Waals surface area contributed by atoms with Crippen molar-refractivity contribution in [2.24, 2.45) is 0 Å². The molecule has 1 aromatic rings. The minimum Gasteiger partial charge on any atom is -0.478 e. The molecular formula is C19H24N2O3. The summed E-state index contributed by atoms with van der Waals surface area (Å²) < 4.78 is 0. The Kier molecular flexibility index (Phi) is 6.98. The molecule has 0 aliphatic rings. The van der Waals surface area contributed by atoms with Gasteiger partial charge in [0.25, 0.3) is 0 Å². The van der Waals surface area contributed by atoms with Crippen molar-refractivity contribution in [3.8, 4) is 0 Å². The van der Waals surface area contributed by atoms with Crippen molar-refractivity contribution in [3.05, 3.63) is 66.3 Å². The molecule has 0 bridgehead atoms. The number of carboxylic acids is 1. The van der Waals surface area contributed by atoms with E-state index in [1.807, 2.05) is 39.0 Å². The SMILES string of the molecule is C=CC(C)(/C=C\C=C(/C)c1ccc(C(=O)O)cc1)NC(=O)NCC. The first-order chi connectivity index (χ1) is 11.3. The van der Waals surface area contributed by atoms with Crippen molar-refractivity contribution in [3.63, 3.8) is 0 Å². The first kappa shape index (κ1) is 19.2. The highest BCUT2D eigenvalue weighted by Gasteiger charge is 2.18. The van der Waals surface area contributed by atoms with Crippen molar-refractivity contribution in [1.29, 1.82) is 0 Å². The second-order valence-electron chi connectivity index (χ2n) is 5.56. The van der Waals surface area contributed by atoms with Gasteiger partial charge in [-0.2, -0.15) is 0 Å². The van der Waals surface area contributed by atoms with Crippen molar-refractivity contribution in [1.82, 2.24) is 10.6 Å². The van der Waals surface area contributed by atoms with E-state index in [1.54, 1.807) is 30.3 Å². The van der Waals surface area contributed by atoms with Gasteiger partial charge in [-0.15, -0.1) is 6.58 Å². The fourth-order valence-corrected chi connectivity index (χ4v) is 1.97. The van der Waals surface area contributed by atoms with Crippen LogP contribution in [0, 0.1) is 0 Å². The summed E-state index contributed by atoms with van der Waals surface area (Å²) in [5.41, 5.74) is 1.50. The van der Waals surface area contributed by atoms with Crippen LogP contribution in [-0.2, 0) is 0 Å². The summed E-state index contributed by atoms with van der Waals surface area (Å²) in [5.74, 6) is -0.943. The summed E-state index contributed by atoms with van der Waals surface area (Å²) in [6.07, 6.45) is 7.24. The van der Waals surface area contributed by atoms with E-state index in [0.29, 0.717) is 6.54 Å². The van der Waals surface area contributed by atoms with Crippen LogP contribution in [0.5, 0.6) is 0 Å². The lowest BCUT2D eigenvalue weighted by molar-refractivity contribution is 0.0697. The average molecular weight is 328 g/mol. The molecule has 5 nitrogen and oxygen atoms in total. The molecule has 0 saturated carbocycles. The maximum absolute atomic E-state index is 11.7. The average Bonchev–Trinajstić information content (AvgIpc) is 2.55. The van der Waals surface area contributed by atoms with Gasteiger partial charge >= 0.3 is 12.0 Å². The second-order valence-corrected chi connectivity index (χ2v) is 5.56. The van der Waals surface area contributed by atoms with E-state index in [1.165, 1.54) is 0 Å². The molecule has 5 heteroatoms. The zero-order valence-corrected chi connectivity index (χ0v) is 14.3. The molecule has 1 rings (SSSR count). The van der Waals surface area contributed by atoms with Gasteiger partial charge in [0.15, 0.2) is 0 Å². The van der Waals surface area contributed by atoms with E-state index < -0.39 is 11.5 Å². The molecule has 2 amide bonds. The Morgan fingerprint density at radius 3 is 2.33 bits per heavy atom. The molecule has 0 aliphatic carbocycles. The number of urea groups is 1. The van der Waals surface area contributed by atoms with Gasteiger partial charge in [-0.05, 0) is 44.0 Å². The van der Waals surface area contributed by atoms with Crippen LogP contribution in [0.15, 0.2) is 55.1 Å². The molecule has 0 aliphatic heterocycles. The Labute approximate surface area is 142 Å². The number of amides is 2. The minimum absolute atomic E-state index is 0.255. The number of carboxylic acid groups (broad SMARTS) is 1. The lowest BCUT2D eigenvalue weighted by Gasteiger charge is -2.23. The van der Waals surface area contributed by atoms with Gasteiger partial charge in [-0.25, -0.2) is 9.59 Å². The zero-order chi connectivity index (χ0) is 18.2. The highest BCUT2D eigenvalue weighted by molar-refractivity contribution is 5.88. The quantitative estimate of drug-likeness (QED) is 0.528. The van der Waals surface area contributed by atoms with Gasteiger partial charge in [0.2, 0.25) is 0 Å². The lowest BCUT2D eigenvalue weighted by atomic mass is 10.0. The van der Waals surface area contributed by atoms with Crippen LogP contribution >= 0.6 is 0 Å². The number of rotatable bonds is 7. The number of carbonyl (C=O) groups is 2. The molecule has 1 unspecified atom stereocenters. The van der Waals surface area contributed by atoms with E-state index >= 15 is 0 Å². The van der Waals surface area contributed by atoms with Crippen molar-refractivity contribution in [2.45, 2.75) is 26.3 Å². The third-order valence-corrected chi connectivity index (χ3v) is 3.52. The third-order valence-electron chi connectivity index (χ3n) is 3.52. The molecule has 0 aromatic heterocycles. The summed E-state index contributed by atoms with van der Waals surface area (Å²) in [4.78, 5) is 22.5. The number of aromatic carboxylic acids is 1. The van der Waals surface area contributed by atoms with Gasteiger partial charge in [0.1, 0.15) is 0 Å². The molecule has 0 radical (unpaired) electrons. The Hall–Kier alpha value is -2.82. The standard InChI is InChI=1S/C19H24N2O3/c1-5-19(4,21-18(24)20-6-2)13-7-8-14(3)15-9-11-16(12-10-15)17(22)23/h5,7-13H,1,6H2,2-4H3,(H,22,23)(H2,20,21,24)/b13-7-,14-8+. The van der Waals surface area contributed by atoms with E-state index in [2.05, 4.69) is 17.2 Å². The van der Waals surface area contributed by atoms with E-state index in [0.717, 1.165) is 11.1 Å². The summed E-state index contributed by atoms with van der Waals surface area (Å²) in [6.45, 7) is 9.93. The van der Waals surface area contributed by atoms with E-state index in [9.17, 15) is 9.59 Å². The number of hydrogen-bond donors (Lipinski definition) is 3. The molecule has 1 aromatic carbocycles. The third kappa shape index (κ3) is 5.76. The number of carbonyl (C=O) groups excluding carboxylic acids is 1. The minimum atomic E-state index is -0.943. The van der Waals surface area contributed by atoms with Gasteiger partial charge in [-0.3, -0.25) is 0 Å². The summed E-state index contributed by atoms with van der Waals surface area (Å²) in [5, 5.41) is 14.4. The van der Waals surface area contributed by atoms with Crippen molar-refractivity contribution in [2.75, 3.05) is 6.54 Å². The monoisotopic (exact) mass is 328 g/mol. The van der Waals surface area contributed by atoms with Crippen LogP contribution in [-0.4, -0.2) is 29.2 Å². The Morgan fingerprint density at radius 1 is 1.25 bits per heavy atom. The first-order valence-electron chi connectivity index (χ1n) is 7.70. The number of allylic oxidation sites excluding steroid dienone is 3. The molecule has 1 atom stereocenters. The smallest absolute Gasteiger partial charge is 0.335 e. The second kappa shape index (κ2) is 8.72. The molecule has 24 heavy (non-hydrogen) atoms. The molecule has 0 fully saturated rings. The van der Waals surface area contributed by atoms with Crippen molar-refractivity contribution >= 4 is 17.6 Å². The van der Waals surface area contributed by atoms with Gasteiger partial charge in [0.05, 0.1) is 11.1 Å². The normalized spacial score (nSPS) is 14.0. The molecule has 0 spiro atoms. The summed E-state index contributed by atoms with van der Waals surface area (Å²) >= 11 is 0. The van der Waals surface area contributed by atoms with Gasteiger partial charge in [-0.1, -0.05) is 36.4 Å². The lowest BCUT2D eigenvalue weighted by Crippen LogP contribution is -2.47. The zero-order valence-electron chi connectivity index (χ0n) is 14.3. The molecule has 128 valence electrons. The van der Waals surface area contributed by atoms with Gasteiger partial charge in [0, 0.05) is 6.54 Å². The molecular weight excluding hydrogens is 304 g/mol. The van der Waals surface area contributed by atoms with E-state index in [-0.39, 0.29) is 11.6 Å². The molecule has 3 N–H and O–H groups in total. The number of nitrogens with one attached hydrogen (secondary N) is 2. The predicted molar refractivity (Wildman–Crippen MR) is 97.0 cm³/mol. The maximum Gasteiger partial charge on any atom is 0.335 e. The van der Waals surface area contributed by atoms with Crippen LogP contribution in [0.4, 0.5) is 4.79 Å². The first-order valence-corrected chi connectivity index (χ1v) is 7.70. The maximum atomic E-state index is 11.7.